The quantitative estimate of drug-likeness (QED) is 0.0120. The van der Waals surface area contributed by atoms with Crippen LogP contribution >= 0.6 is 0 Å². The Morgan fingerprint density at radius 1 is 0.561 bits per heavy atom. The van der Waals surface area contributed by atoms with E-state index in [1.54, 1.807) is 47.2 Å². The average Bonchev–Trinajstić information content (AvgIpc) is 1.11. The van der Waals surface area contributed by atoms with E-state index in [4.69, 9.17) is 20.8 Å². The molecule has 0 radical (unpaired) electrons. The smallest absolute Gasteiger partial charge is 0.317 e. The minimum absolute atomic E-state index is 0.00131. The number of unbranched alkanes of at least 4 members (excludes halogenated alkanes) is 9. The van der Waals surface area contributed by atoms with Crippen LogP contribution in [0.3, 0.4) is 0 Å². The van der Waals surface area contributed by atoms with Crippen molar-refractivity contribution in [2.45, 2.75) is 189 Å². The maximum absolute atomic E-state index is 14.5. The molecule has 4 aromatic rings. The molecule has 2 aromatic carbocycles. The molecular formula is C91H126F4N20O17. The van der Waals surface area contributed by atoms with Gasteiger partial charge in [-0.05, 0) is 146 Å². The zero-order chi connectivity index (χ0) is 94.9. The van der Waals surface area contributed by atoms with Crippen molar-refractivity contribution < 1.29 is 99.2 Å². The highest BCUT2D eigenvalue weighted by Crippen LogP contribution is 2.35. The summed E-state index contributed by atoms with van der Waals surface area (Å²) in [6.45, 7) is 10.4. The van der Waals surface area contributed by atoms with E-state index < -0.39 is 98.2 Å². The number of likely N-dealkylation sites (tertiary alicyclic amines) is 5. The lowest BCUT2D eigenvalue weighted by atomic mass is 9.89. The molecule has 2 aromatic heterocycles. The van der Waals surface area contributed by atoms with Gasteiger partial charge in [0.1, 0.15) is 31.7 Å². The molecule has 0 spiro atoms. The fourth-order valence-corrected chi connectivity index (χ4v) is 18.2. The molecule has 2 unspecified atom stereocenters. The zero-order valence-corrected chi connectivity index (χ0v) is 75.7. The number of alkyl halides is 4. The molecule has 0 bridgehead atoms. The number of fused-ring (bicyclic) bond motifs is 2. The number of pyridine rings is 2. The maximum Gasteiger partial charge on any atom is 0.317 e. The van der Waals surface area contributed by atoms with Crippen molar-refractivity contribution in [2.75, 3.05) is 185 Å². The highest BCUT2D eigenvalue weighted by molar-refractivity contribution is 6.08. The molecule has 8 heterocycles. The molecule has 37 nitrogen and oxygen atoms in total. The number of carbonyl (C=O) groups is 13. The summed E-state index contributed by atoms with van der Waals surface area (Å²) in [7, 11) is 5.48. The first-order valence-corrected chi connectivity index (χ1v) is 45.7. The Morgan fingerprint density at radius 2 is 1.08 bits per heavy atom. The van der Waals surface area contributed by atoms with Gasteiger partial charge in [-0.15, -0.1) is 0 Å². The maximum atomic E-state index is 14.5. The number of rotatable bonds is 52. The number of ether oxygens (including phenoxy) is 3. The number of halogens is 4. The fraction of sp³-hybridized carbons (Fsp3) is 0.637. The van der Waals surface area contributed by atoms with Gasteiger partial charge in [0.15, 0.2) is 0 Å². The number of carboxylic acids is 1. The Balaban J connectivity index is 0.647. The van der Waals surface area contributed by atoms with Crippen molar-refractivity contribution in [2.24, 2.45) is 0 Å². The normalized spacial score (nSPS) is 20.2. The number of nitrogens with one attached hydrogen (secondary N) is 5. The van der Waals surface area contributed by atoms with Gasteiger partial charge in [-0.2, -0.15) is 5.26 Å². The molecule has 720 valence electrons. The molecule has 6 saturated heterocycles. The monoisotopic (exact) mass is 1850 g/mol. The Bertz CT molecular complexity index is 4520. The van der Waals surface area contributed by atoms with Crippen LogP contribution in [0.2, 0.25) is 0 Å². The number of aromatic nitrogens is 2. The number of carbonyl (C=O) groups excluding carboxylic acids is 12. The zero-order valence-electron chi connectivity index (χ0n) is 75.7. The van der Waals surface area contributed by atoms with Gasteiger partial charge in [-0.1, -0.05) is 44.6 Å². The van der Waals surface area contributed by atoms with Crippen molar-refractivity contribution in [3.8, 4) is 11.8 Å². The number of aryl methyl sites for hydroxylation is 1. The van der Waals surface area contributed by atoms with Crippen molar-refractivity contribution in [3.05, 3.63) is 89.0 Å². The van der Waals surface area contributed by atoms with Crippen LogP contribution in [-0.2, 0) is 68.6 Å². The first-order chi connectivity index (χ1) is 63.4. The number of hydrogen-bond donors (Lipinski definition) is 6. The van der Waals surface area contributed by atoms with Crippen molar-refractivity contribution in [1.82, 2.24) is 90.5 Å². The van der Waals surface area contributed by atoms with Gasteiger partial charge >= 0.3 is 12.1 Å². The first-order valence-electron chi connectivity index (χ1n) is 45.7. The van der Waals surface area contributed by atoms with E-state index in [0.717, 1.165) is 60.3 Å². The van der Waals surface area contributed by atoms with Crippen molar-refractivity contribution in [3.63, 3.8) is 0 Å². The molecule has 10 rings (SSSR count). The second-order valence-corrected chi connectivity index (χ2v) is 35.5. The fourth-order valence-electron chi connectivity index (χ4n) is 18.2. The van der Waals surface area contributed by atoms with E-state index in [1.807, 2.05) is 60.5 Å². The topological polar surface area (TPSA) is 420 Å². The SMILES string of the molecule is [C-]#[N+][C@@H]1CC(F)(F)CN1C(=O)CNC(=O)c1ccnc2ccc(OCCCCNC(=O)CN(C)[C@@H]3CCN(C(=O)CN(CC(=O)N4CC[C@@H](N(C)CC(=O)NCCCCCc5ccc6nccc(C(=O)NCC(=O)N7CC(F)(F)C[C@H]7C#N)c6c5)C4)C4CCN(C(=O)CCCCCCCCNC(=O)CCCCC5(N(C)COC=O)CN(COC=O)CCN(CC(=O)O)C5)C4)C3)cc12. The summed E-state index contributed by atoms with van der Waals surface area (Å²) in [5, 5.41) is 34.0. The van der Waals surface area contributed by atoms with Crippen LogP contribution in [0.4, 0.5) is 17.6 Å². The van der Waals surface area contributed by atoms with Crippen molar-refractivity contribution in [1.29, 1.82) is 5.26 Å². The van der Waals surface area contributed by atoms with Crippen LogP contribution < -0.4 is 31.3 Å². The summed E-state index contributed by atoms with van der Waals surface area (Å²) in [6, 6.07) is 13.5. The largest absolute Gasteiger partial charge is 0.494 e. The molecule has 132 heavy (non-hydrogen) atoms. The predicted octanol–water partition coefficient (Wildman–Crippen LogP) is 3.93. The van der Waals surface area contributed by atoms with E-state index in [2.05, 4.69) is 41.4 Å². The molecule has 10 amide bonds. The summed E-state index contributed by atoms with van der Waals surface area (Å²) in [5.74, 6) is -10.6. The highest BCUT2D eigenvalue weighted by Gasteiger charge is 2.52. The number of nitriles is 1. The Morgan fingerprint density at radius 3 is 1.68 bits per heavy atom. The van der Waals surface area contributed by atoms with Crippen LogP contribution in [0.25, 0.3) is 26.7 Å². The molecular weight excluding hydrogens is 1720 g/mol. The summed E-state index contributed by atoms with van der Waals surface area (Å²) in [5.41, 5.74) is 1.69. The Hall–Kier alpha value is -11.4. The van der Waals surface area contributed by atoms with Gasteiger partial charge in [0.2, 0.25) is 47.3 Å². The number of nitrogens with zero attached hydrogens (tertiary/aromatic N) is 15. The Labute approximate surface area is 766 Å². The number of likely N-dealkylation sites (N-methyl/N-ethyl adjacent to an activating group) is 3. The third kappa shape index (κ3) is 30.9. The lowest BCUT2D eigenvalue weighted by molar-refractivity contribution is -0.140. The summed E-state index contributed by atoms with van der Waals surface area (Å²) >= 11 is 0. The van der Waals surface area contributed by atoms with Gasteiger partial charge in [0.05, 0.1) is 93.7 Å². The van der Waals surface area contributed by atoms with Crippen LogP contribution in [0, 0.1) is 17.9 Å². The number of benzene rings is 2. The number of aliphatic carboxylic acids is 1. The van der Waals surface area contributed by atoms with Crippen molar-refractivity contribution >= 4 is 99.8 Å². The second-order valence-electron chi connectivity index (χ2n) is 35.5. The number of hydrogen-bond acceptors (Lipinski definition) is 25. The highest BCUT2D eigenvalue weighted by atomic mass is 19.3. The average molecular weight is 1850 g/mol. The minimum atomic E-state index is -3.20. The standard InChI is InChI=1S/C91H126F4N20O17/c1-97-77-45-91(94,95)60-115(77)83(123)48-104-88(129)72-26-35-99-76-24-22-70(43-74(72)76)132-41-17-16-33-102-80(120)53-106(3)67-28-37-112(50-67)85(125)55-113(68-29-38-110(51-68)81(121)20-11-7-5-6-8-14-31-100-78(118)19-12-13-30-89(107(4)61-130-63-116)57-108(56-86(126)127)39-40-109(58-89)62-131-64-117)54-84(124)111-36-27-66(49-111)105(2)52-79(119)101-32-15-9-10-18-65-21-23-75-73(42-65)71(25-34-98-75)87(128)103-47-82(122)114-59-90(92,93)44-69(114)46-96/h21-26,34-35,42-43,63-64,66-69,77H,5-20,27-33,36-41,44-45,47-62H2,2-4H3,(H,100,118)(H,101,119)(H,102,120)(H,103,128)(H,104,129)(H,126,127)/t66-,67-,68?,69+,77+,89?/m1/s1. The molecule has 6 aliphatic heterocycles. The van der Waals surface area contributed by atoms with Gasteiger partial charge in [-0.3, -0.25) is 111 Å². The molecule has 6 atom stereocenters. The third-order valence-electron chi connectivity index (χ3n) is 25.7. The van der Waals surface area contributed by atoms with Crippen LogP contribution in [0.5, 0.6) is 5.75 Å². The van der Waals surface area contributed by atoms with Crippen LogP contribution in [0.1, 0.15) is 161 Å². The van der Waals surface area contributed by atoms with E-state index in [0.29, 0.717) is 203 Å². The van der Waals surface area contributed by atoms with Gasteiger partial charge in [-0.25, -0.2) is 24.1 Å². The summed E-state index contributed by atoms with van der Waals surface area (Å²) in [6.07, 6.45) is 13.2. The number of amides is 10. The molecule has 6 fully saturated rings. The first kappa shape index (κ1) is 103. The lowest BCUT2D eigenvalue weighted by Crippen LogP contribution is -2.59. The summed E-state index contributed by atoms with van der Waals surface area (Å²) in [4.78, 5) is 199. The predicted molar refractivity (Wildman–Crippen MR) is 475 cm³/mol. The molecule has 6 N–H and O–H groups in total. The Kier molecular flexibility index (Phi) is 39.3. The molecule has 0 saturated carbocycles. The van der Waals surface area contributed by atoms with E-state index in [-0.39, 0.29) is 124 Å². The van der Waals surface area contributed by atoms with Gasteiger partial charge in [0.25, 0.3) is 36.6 Å². The van der Waals surface area contributed by atoms with Crippen LogP contribution in [-0.4, -0.2) is 380 Å². The van der Waals surface area contributed by atoms with Gasteiger partial charge in [0, 0.05) is 151 Å². The van der Waals surface area contributed by atoms with E-state index >= 15 is 0 Å². The third-order valence-corrected chi connectivity index (χ3v) is 25.7. The van der Waals surface area contributed by atoms with E-state index in [1.165, 1.54) is 24.5 Å². The van der Waals surface area contributed by atoms with Crippen LogP contribution in [0.15, 0.2) is 60.9 Å². The second kappa shape index (κ2) is 50.5. The minimum Gasteiger partial charge on any atom is -0.494 e. The lowest BCUT2D eigenvalue weighted by Gasteiger charge is -2.44. The molecule has 41 heteroatoms. The van der Waals surface area contributed by atoms with Gasteiger partial charge < -0.3 is 65.5 Å². The van der Waals surface area contributed by atoms with E-state index in [9.17, 15) is 90.3 Å². The molecule has 6 aliphatic rings. The molecule has 0 aliphatic carbocycles. The number of carboxylic acid groups (broad SMARTS) is 1. The summed E-state index contributed by atoms with van der Waals surface area (Å²) < 4.78 is 72.3.